The molecule has 0 aromatic carbocycles. The molecule has 0 amide bonds. The van der Waals surface area contributed by atoms with Crippen LogP contribution in [0.1, 0.15) is 26.2 Å². The van der Waals surface area contributed by atoms with E-state index in [2.05, 4.69) is 19.1 Å². The lowest BCUT2D eigenvalue weighted by Crippen LogP contribution is -2.08. The lowest BCUT2D eigenvalue weighted by atomic mass is 9.97. The molecule has 0 unspecified atom stereocenters. The molecule has 0 aromatic heterocycles. The van der Waals surface area contributed by atoms with E-state index in [1.165, 1.54) is 18.1 Å². The third-order valence-electron chi connectivity index (χ3n) is 2.67. The Bertz CT molecular complexity index is 455. The quantitative estimate of drug-likeness (QED) is 0.721. The molecule has 2 aliphatic rings. The van der Waals surface area contributed by atoms with Crippen molar-refractivity contribution in [2.24, 2.45) is 0 Å². The van der Waals surface area contributed by atoms with Gasteiger partial charge in [-0.25, -0.2) is 0 Å². The molecule has 0 saturated heterocycles. The summed E-state index contributed by atoms with van der Waals surface area (Å²) in [6.07, 6.45) is 9.81. The molecule has 0 spiro atoms. The molecule has 3 nitrogen and oxygen atoms in total. The van der Waals surface area contributed by atoms with Crippen LogP contribution >= 0.6 is 11.6 Å². The van der Waals surface area contributed by atoms with Crippen LogP contribution in [0.4, 0.5) is 0 Å². The molecule has 4 heteroatoms. The van der Waals surface area contributed by atoms with Gasteiger partial charge in [-0.3, -0.25) is 4.79 Å². The fourth-order valence-electron chi connectivity index (χ4n) is 1.76. The Labute approximate surface area is 105 Å². The van der Waals surface area contributed by atoms with Crippen molar-refractivity contribution >= 4 is 16.8 Å². The Morgan fingerprint density at radius 3 is 3.00 bits per heavy atom. The Morgan fingerprint density at radius 2 is 2.29 bits per heavy atom. The van der Waals surface area contributed by atoms with Crippen LogP contribution < -0.4 is 0 Å². The first-order valence-electron chi connectivity index (χ1n) is 5.54. The van der Waals surface area contributed by atoms with Crippen molar-refractivity contribution in [2.45, 2.75) is 26.2 Å². The van der Waals surface area contributed by atoms with Crippen LogP contribution in [0.25, 0.3) is 0 Å². The first-order valence-corrected chi connectivity index (χ1v) is 5.92. The zero-order valence-corrected chi connectivity index (χ0v) is 10.3. The normalized spacial score (nSPS) is 19.2. The molecule has 90 valence electrons. The summed E-state index contributed by atoms with van der Waals surface area (Å²) in [4.78, 5) is 11.0. The van der Waals surface area contributed by atoms with Crippen LogP contribution in [0.5, 0.6) is 0 Å². The van der Waals surface area contributed by atoms with Crippen molar-refractivity contribution in [3.05, 3.63) is 47.3 Å². The van der Waals surface area contributed by atoms with Crippen molar-refractivity contribution in [1.29, 1.82) is 0 Å². The van der Waals surface area contributed by atoms with E-state index in [0.29, 0.717) is 5.76 Å². The van der Waals surface area contributed by atoms with Crippen LogP contribution in [0.3, 0.4) is 0 Å². The molecule has 0 N–H and O–H groups in total. The standard InChI is InChI=1S/C13H13ClO3/c1-2-9-4-3-5-10(6-9)11-7-16-8-12(17-11)13(14)15/h4,6-8H,2-3,5H2,1H3. The summed E-state index contributed by atoms with van der Waals surface area (Å²) in [5, 5.41) is -0.654. The summed E-state index contributed by atoms with van der Waals surface area (Å²) in [6, 6.07) is 0. The maximum Gasteiger partial charge on any atom is 0.291 e. The van der Waals surface area contributed by atoms with Gasteiger partial charge >= 0.3 is 0 Å². The topological polar surface area (TPSA) is 35.5 Å². The fraction of sp³-hybridized carbons (Fsp3) is 0.308. The van der Waals surface area contributed by atoms with Gasteiger partial charge in [0.25, 0.3) is 5.24 Å². The summed E-state index contributed by atoms with van der Waals surface area (Å²) in [7, 11) is 0. The molecular weight excluding hydrogens is 240 g/mol. The third-order valence-corrected chi connectivity index (χ3v) is 2.85. The molecule has 1 aliphatic carbocycles. The Balaban J connectivity index is 2.14. The summed E-state index contributed by atoms with van der Waals surface area (Å²) < 4.78 is 10.5. The van der Waals surface area contributed by atoms with E-state index in [9.17, 15) is 4.79 Å². The van der Waals surface area contributed by atoms with E-state index >= 15 is 0 Å². The largest absolute Gasteiger partial charge is 0.465 e. The summed E-state index contributed by atoms with van der Waals surface area (Å²) in [6.45, 7) is 2.10. The summed E-state index contributed by atoms with van der Waals surface area (Å²) in [5.41, 5.74) is 2.30. The van der Waals surface area contributed by atoms with Crippen LogP contribution in [-0.4, -0.2) is 5.24 Å². The van der Waals surface area contributed by atoms with Gasteiger partial charge in [-0.2, -0.15) is 0 Å². The average molecular weight is 253 g/mol. The molecular formula is C13H13ClO3. The number of carbonyl (C=O) groups is 1. The van der Waals surface area contributed by atoms with Gasteiger partial charge in [0.05, 0.1) is 0 Å². The van der Waals surface area contributed by atoms with Gasteiger partial charge in [0.1, 0.15) is 12.5 Å². The highest BCUT2D eigenvalue weighted by Gasteiger charge is 2.19. The van der Waals surface area contributed by atoms with Gasteiger partial charge in [-0.15, -0.1) is 0 Å². The van der Waals surface area contributed by atoms with Crippen molar-refractivity contribution in [3.63, 3.8) is 0 Å². The van der Waals surface area contributed by atoms with Gasteiger partial charge in [0.2, 0.25) is 5.76 Å². The monoisotopic (exact) mass is 252 g/mol. The Kier molecular flexibility index (Phi) is 3.69. The maximum absolute atomic E-state index is 11.0. The lowest BCUT2D eigenvalue weighted by molar-refractivity contribution is -0.111. The lowest BCUT2D eigenvalue weighted by Gasteiger charge is -2.19. The molecule has 1 heterocycles. The molecule has 0 radical (unpaired) electrons. The van der Waals surface area contributed by atoms with Gasteiger partial charge in [0, 0.05) is 0 Å². The second-order valence-electron chi connectivity index (χ2n) is 3.82. The zero-order valence-electron chi connectivity index (χ0n) is 9.53. The Morgan fingerprint density at radius 1 is 1.47 bits per heavy atom. The van der Waals surface area contributed by atoms with Crippen LogP contribution in [0.15, 0.2) is 47.3 Å². The highest BCUT2D eigenvalue weighted by molar-refractivity contribution is 6.67. The molecule has 2 rings (SSSR count). The van der Waals surface area contributed by atoms with Crippen LogP contribution in [0.2, 0.25) is 0 Å². The van der Waals surface area contributed by atoms with E-state index in [0.717, 1.165) is 24.8 Å². The first-order chi connectivity index (χ1) is 8.20. The molecule has 0 bridgehead atoms. The van der Waals surface area contributed by atoms with Crippen molar-refractivity contribution < 1.29 is 14.3 Å². The van der Waals surface area contributed by atoms with E-state index in [1.54, 1.807) is 0 Å². The average Bonchev–Trinajstić information content (AvgIpc) is 2.39. The number of ether oxygens (including phenoxy) is 2. The summed E-state index contributed by atoms with van der Waals surface area (Å²) >= 11 is 5.35. The van der Waals surface area contributed by atoms with Crippen molar-refractivity contribution in [2.75, 3.05) is 0 Å². The molecule has 17 heavy (non-hydrogen) atoms. The van der Waals surface area contributed by atoms with E-state index < -0.39 is 5.24 Å². The van der Waals surface area contributed by atoms with Crippen molar-refractivity contribution in [1.82, 2.24) is 0 Å². The van der Waals surface area contributed by atoms with Gasteiger partial charge in [0.15, 0.2) is 5.76 Å². The molecule has 0 atom stereocenters. The number of carbonyl (C=O) groups excluding carboxylic acids is 1. The zero-order chi connectivity index (χ0) is 12.3. The van der Waals surface area contributed by atoms with Crippen LogP contribution in [-0.2, 0) is 14.3 Å². The number of halogens is 1. The molecule has 1 aliphatic heterocycles. The number of hydrogen-bond donors (Lipinski definition) is 0. The minimum absolute atomic E-state index is 0.0256. The number of allylic oxidation sites excluding steroid dienone is 5. The minimum Gasteiger partial charge on any atom is -0.465 e. The van der Waals surface area contributed by atoms with E-state index in [4.69, 9.17) is 21.1 Å². The molecule has 0 saturated carbocycles. The second-order valence-corrected chi connectivity index (χ2v) is 4.16. The summed E-state index contributed by atoms with van der Waals surface area (Å²) in [5.74, 6) is 0.591. The smallest absolute Gasteiger partial charge is 0.291 e. The van der Waals surface area contributed by atoms with Gasteiger partial charge in [-0.05, 0) is 36.4 Å². The van der Waals surface area contributed by atoms with Gasteiger partial charge in [-0.1, -0.05) is 24.6 Å². The molecule has 0 fully saturated rings. The Hall–Kier alpha value is -1.48. The number of rotatable bonds is 3. The fourth-order valence-corrected chi connectivity index (χ4v) is 1.84. The predicted molar refractivity (Wildman–Crippen MR) is 64.9 cm³/mol. The predicted octanol–water partition coefficient (Wildman–Crippen LogP) is 3.54. The van der Waals surface area contributed by atoms with E-state index in [1.807, 2.05) is 0 Å². The first kappa shape index (κ1) is 12.0. The highest BCUT2D eigenvalue weighted by Crippen LogP contribution is 2.29. The molecule has 0 aromatic rings. The van der Waals surface area contributed by atoms with E-state index in [-0.39, 0.29) is 5.76 Å². The SMILES string of the molecule is CCC1=CCCC(C2=COC=C(C(=O)Cl)O2)=C1. The number of hydrogen-bond acceptors (Lipinski definition) is 3. The minimum atomic E-state index is -0.654. The third kappa shape index (κ3) is 2.80. The maximum atomic E-state index is 11.0. The van der Waals surface area contributed by atoms with Crippen molar-refractivity contribution in [3.8, 4) is 0 Å². The highest BCUT2D eigenvalue weighted by atomic mass is 35.5. The second kappa shape index (κ2) is 5.23. The van der Waals surface area contributed by atoms with Crippen LogP contribution in [0, 0.1) is 0 Å². The van der Waals surface area contributed by atoms with Gasteiger partial charge < -0.3 is 9.47 Å².